The molecule has 0 aliphatic rings. The fraction of sp³-hybridized carbons (Fsp3) is 0.261. The molecule has 0 bridgehead atoms. The van der Waals surface area contributed by atoms with E-state index in [-0.39, 0.29) is 0 Å². The van der Waals surface area contributed by atoms with Gasteiger partial charge in [0, 0.05) is 18.1 Å². The largest absolute Gasteiger partial charge is 0.497 e. The molecule has 0 atom stereocenters. The summed E-state index contributed by atoms with van der Waals surface area (Å²) in [6, 6.07) is 15.1. The van der Waals surface area contributed by atoms with Gasteiger partial charge in [-0.25, -0.2) is 4.68 Å². The lowest BCUT2D eigenvalue weighted by Gasteiger charge is -2.12. The first-order valence-corrected chi connectivity index (χ1v) is 10.5. The van der Waals surface area contributed by atoms with Crippen LogP contribution in [0.25, 0.3) is 11.3 Å². The van der Waals surface area contributed by atoms with Crippen molar-refractivity contribution < 1.29 is 14.2 Å². The van der Waals surface area contributed by atoms with Gasteiger partial charge in [-0.3, -0.25) is 4.99 Å². The summed E-state index contributed by atoms with van der Waals surface area (Å²) in [7, 11) is 4.92. The van der Waals surface area contributed by atoms with Crippen LogP contribution in [0.1, 0.15) is 18.1 Å². The van der Waals surface area contributed by atoms with Crippen molar-refractivity contribution in [3.63, 3.8) is 0 Å². The van der Waals surface area contributed by atoms with Crippen LogP contribution in [0.5, 0.6) is 11.5 Å². The standard InChI is InChI=1S/C23H24N4O3S/c1-16(18-7-5-17(14-24)6-8-18)26-27-21(15-31-23(27)25-11-12-28-2)20-13-19(29-3)9-10-22(20)30-4/h5-10,13,15H,11-12H2,1-4H3/b25-23?,26-16-. The summed E-state index contributed by atoms with van der Waals surface area (Å²) in [5, 5.41) is 15.9. The Hall–Kier alpha value is -3.41. The first-order chi connectivity index (χ1) is 15.1. The van der Waals surface area contributed by atoms with Gasteiger partial charge < -0.3 is 14.2 Å². The van der Waals surface area contributed by atoms with Gasteiger partial charge in [0.1, 0.15) is 11.5 Å². The lowest BCUT2D eigenvalue weighted by atomic mass is 10.1. The number of aromatic nitrogens is 1. The van der Waals surface area contributed by atoms with Crippen molar-refractivity contribution in [2.24, 2.45) is 10.1 Å². The molecule has 160 valence electrons. The number of nitriles is 1. The van der Waals surface area contributed by atoms with E-state index in [2.05, 4.69) is 11.1 Å². The van der Waals surface area contributed by atoms with E-state index in [1.165, 1.54) is 11.3 Å². The van der Waals surface area contributed by atoms with Crippen molar-refractivity contribution >= 4 is 17.0 Å². The summed E-state index contributed by atoms with van der Waals surface area (Å²) in [5.41, 5.74) is 4.01. The van der Waals surface area contributed by atoms with Crippen LogP contribution in [0.4, 0.5) is 0 Å². The highest BCUT2D eigenvalue weighted by Gasteiger charge is 2.15. The molecule has 0 unspecified atom stereocenters. The highest BCUT2D eigenvalue weighted by molar-refractivity contribution is 7.07. The average molecular weight is 437 g/mol. The lowest BCUT2D eigenvalue weighted by molar-refractivity contribution is 0.207. The number of methoxy groups -OCH3 is 3. The third kappa shape index (κ3) is 5.20. The predicted molar refractivity (Wildman–Crippen MR) is 122 cm³/mol. The van der Waals surface area contributed by atoms with E-state index < -0.39 is 0 Å². The van der Waals surface area contributed by atoms with E-state index in [1.807, 2.05) is 47.3 Å². The Kier molecular flexibility index (Phi) is 7.60. The van der Waals surface area contributed by atoms with E-state index in [0.29, 0.717) is 24.5 Å². The second-order valence-electron chi connectivity index (χ2n) is 6.53. The number of nitrogens with zero attached hydrogens (tertiary/aromatic N) is 4. The van der Waals surface area contributed by atoms with Crippen LogP contribution in [0.15, 0.2) is 57.9 Å². The molecule has 31 heavy (non-hydrogen) atoms. The quantitative estimate of drug-likeness (QED) is 0.396. The first kappa shape index (κ1) is 22.3. The third-order valence-electron chi connectivity index (χ3n) is 4.59. The Morgan fingerprint density at radius 3 is 2.52 bits per heavy atom. The van der Waals surface area contributed by atoms with Crippen LogP contribution in [-0.2, 0) is 4.74 Å². The summed E-state index contributed by atoms with van der Waals surface area (Å²) in [5.74, 6) is 1.43. The van der Waals surface area contributed by atoms with Crippen LogP contribution in [0, 0.1) is 11.3 Å². The van der Waals surface area contributed by atoms with Crippen molar-refractivity contribution in [3.8, 4) is 28.8 Å². The minimum atomic E-state index is 0.522. The SMILES string of the molecule is COCCN=c1scc(-c2cc(OC)ccc2OC)n1/N=C(/C)c1ccc(C#N)cc1. The van der Waals surface area contributed by atoms with Crippen molar-refractivity contribution in [2.75, 3.05) is 34.5 Å². The molecule has 1 aromatic heterocycles. The van der Waals surface area contributed by atoms with Crippen LogP contribution in [0.3, 0.4) is 0 Å². The van der Waals surface area contributed by atoms with Gasteiger partial charge in [0.05, 0.1) is 50.4 Å². The van der Waals surface area contributed by atoms with Gasteiger partial charge in [-0.2, -0.15) is 10.4 Å². The molecule has 3 aromatic rings. The topological polar surface area (TPSA) is 81.1 Å². The molecule has 0 N–H and O–H groups in total. The van der Waals surface area contributed by atoms with Gasteiger partial charge in [0.2, 0.25) is 4.80 Å². The minimum absolute atomic E-state index is 0.522. The number of hydrogen-bond donors (Lipinski definition) is 0. The lowest BCUT2D eigenvalue weighted by Crippen LogP contribution is -2.15. The normalized spacial score (nSPS) is 12.0. The van der Waals surface area contributed by atoms with Crippen LogP contribution >= 0.6 is 11.3 Å². The van der Waals surface area contributed by atoms with Crippen molar-refractivity contribution in [2.45, 2.75) is 6.92 Å². The number of thiazole rings is 1. The van der Waals surface area contributed by atoms with Crippen molar-refractivity contribution in [3.05, 3.63) is 63.8 Å². The summed E-state index contributed by atoms with van der Waals surface area (Å²) in [4.78, 5) is 5.39. The molecule has 0 radical (unpaired) electrons. The van der Waals surface area contributed by atoms with Crippen LogP contribution < -0.4 is 14.3 Å². The molecule has 0 aliphatic carbocycles. The molecule has 0 spiro atoms. The predicted octanol–water partition coefficient (Wildman–Crippen LogP) is 3.92. The monoisotopic (exact) mass is 436 g/mol. The Morgan fingerprint density at radius 1 is 1.10 bits per heavy atom. The Morgan fingerprint density at radius 2 is 1.87 bits per heavy atom. The average Bonchev–Trinajstić information content (AvgIpc) is 3.20. The molecule has 0 saturated carbocycles. The fourth-order valence-electron chi connectivity index (χ4n) is 2.93. The Balaban J connectivity index is 2.16. The maximum Gasteiger partial charge on any atom is 0.206 e. The fourth-order valence-corrected chi connectivity index (χ4v) is 3.78. The molecular weight excluding hydrogens is 412 g/mol. The van der Waals surface area contributed by atoms with E-state index in [1.54, 1.807) is 33.5 Å². The molecular formula is C23H24N4O3S. The number of hydrogen-bond acceptors (Lipinski definition) is 7. The molecule has 2 aromatic carbocycles. The molecule has 8 heteroatoms. The molecule has 3 rings (SSSR count). The number of rotatable bonds is 8. The third-order valence-corrected chi connectivity index (χ3v) is 5.45. The van der Waals surface area contributed by atoms with E-state index >= 15 is 0 Å². The van der Waals surface area contributed by atoms with Gasteiger partial charge in [-0.1, -0.05) is 12.1 Å². The summed E-state index contributed by atoms with van der Waals surface area (Å²) in [6.07, 6.45) is 0. The highest BCUT2D eigenvalue weighted by atomic mass is 32.1. The smallest absolute Gasteiger partial charge is 0.206 e. The maximum atomic E-state index is 9.04. The van der Waals surface area contributed by atoms with E-state index in [4.69, 9.17) is 24.6 Å². The molecule has 0 aliphatic heterocycles. The Labute approximate surface area is 185 Å². The molecule has 0 amide bonds. The minimum Gasteiger partial charge on any atom is -0.497 e. The zero-order valence-corrected chi connectivity index (χ0v) is 18.8. The van der Waals surface area contributed by atoms with E-state index in [0.717, 1.165) is 33.1 Å². The van der Waals surface area contributed by atoms with Crippen LogP contribution in [0.2, 0.25) is 0 Å². The molecule has 7 nitrogen and oxygen atoms in total. The number of ether oxygens (including phenoxy) is 3. The highest BCUT2D eigenvalue weighted by Crippen LogP contribution is 2.33. The summed E-state index contributed by atoms with van der Waals surface area (Å²) in [6.45, 7) is 2.97. The van der Waals surface area contributed by atoms with Gasteiger partial charge in [-0.15, -0.1) is 11.3 Å². The maximum absolute atomic E-state index is 9.04. The van der Waals surface area contributed by atoms with Gasteiger partial charge in [-0.05, 0) is 42.8 Å². The van der Waals surface area contributed by atoms with E-state index in [9.17, 15) is 0 Å². The van der Waals surface area contributed by atoms with Crippen LogP contribution in [-0.4, -0.2) is 44.9 Å². The second-order valence-corrected chi connectivity index (χ2v) is 7.37. The zero-order chi connectivity index (χ0) is 22.2. The molecule has 0 fully saturated rings. The summed E-state index contributed by atoms with van der Waals surface area (Å²) < 4.78 is 17.9. The Bertz CT molecular complexity index is 1170. The van der Waals surface area contributed by atoms with Crippen molar-refractivity contribution in [1.82, 2.24) is 4.68 Å². The summed E-state index contributed by atoms with van der Waals surface area (Å²) >= 11 is 1.49. The number of benzene rings is 2. The second kappa shape index (κ2) is 10.6. The van der Waals surface area contributed by atoms with Crippen molar-refractivity contribution in [1.29, 1.82) is 5.26 Å². The van der Waals surface area contributed by atoms with Gasteiger partial charge in [0.15, 0.2) is 0 Å². The van der Waals surface area contributed by atoms with Gasteiger partial charge >= 0.3 is 0 Å². The molecule has 0 saturated heterocycles. The molecule has 1 heterocycles. The zero-order valence-electron chi connectivity index (χ0n) is 18.0. The first-order valence-electron chi connectivity index (χ1n) is 9.59. The van der Waals surface area contributed by atoms with Gasteiger partial charge in [0.25, 0.3) is 0 Å².